The molecule has 0 bridgehead atoms. The van der Waals surface area contributed by atoms with Crippen LogP contribution in [0.2, 0.25) is 0 Å². The van der Waals surface area contributed by atoms with Crippen LogP contribution >= 0.6 is 0 Å². The third-order valence-electron chi connectivity index (χ3n) is 7.41. The normalized spacial score (nSPS) is 16.4. The van der Waals surface area contributed by atoms with Crippen LogP contribution in [0.5, 0.6) is 5.75 Å². The van der Waals surface area contributed by atoms with E-state index >= 15 is 0 Å². The number of hydrogen-bond donors (Lipinski definition) is 4. The van der Waals surface area contributed by atoms with E-state index in [2.05, 4.69) is 4.74 Å². The summed E-state index contributed by atoms with van der Waals surface area (Å²) in [4.78, 5) is 50.3. The highest BCUT2D eigenvalue weighted by molar-refractivity contribution is 6.03. The molecule has 0 saturated heterocycles. The van der Waals surface area contributed by atoms with Crippen LogP contribution in [-0.2, 0) is 32.0 Å². The number of esters is 1. The molecule has 1 amide bonds. The van der Waals surface area contributed by atoms with Crippen molar-refractivity contribution in [1.82, 2.24) is 0 Å². The molecule has 0 radical (unpaired) electrons. The van der Waals surface area contributed by atoms with Gasteiger partial charge in [0.15, 0.2) is 5.78 Å². The lowest BCUT2D eigenvalue weighted by Gasteiger charge is -2.33. The monoisotopic (exact) mass is 534 g/mol. The quantitative estimate of drug-likeness (QED) is 0.141. The number of amides is 1. The Kier molecular flexibility index (Phi) is 12.2. The van der Waals surface area contributed by atoms with Crippen LogP contribution in [0.15, 0.2) is 6.07 Å². The van der Waals surface area contributed by atoms with Crippen molar-refractivity contribution in [3.8, 4) is 5.75 Å². The Balaban J connectivity index is 2.25. The number of Topliss-reactive ketones (excluding diaryl/α,β-unsaturated/α-hetero) is 2. The summed E-state index contributed by atoms with van der Waals surface area (Å²) in [5, 5.41) is 30.5. The number of aromatic hydroxyl groups is 1. The maximum absolute atomic E-state index is 13.3. The average molecular weight is 535 g/mol. The van der Waals surface area contributed by atoms with Gasteiger partial charge in [-0.3, -0.25) is 19.2 Å². The van der Waals surface area contributed by atoms with Crippen LogP contribution in [0, 0.1) is 17.8 Å². The summed E-state index contributed by atoms with van der Waals surface area (Å²) in [5.74, 6) is -3.11. The number of hydrogen-bond acceptors (Lipinski definition) is 9. The average Bonchev–Trinajstić information content (AvgIpc) is 2.84. The smallest absolute Gasteiger partial charge is 0.305 e. The number of rotatable bonds is 16. The highest BCUT2D eigenvalue weighted by Gasteiger charge is 2.36. The van der Waals surface area contributed by atoms with E-state index in [9.17, 15) is 34.5 Å². The molecule has 1 aromatic rings. The minimum Gasteiger partial charge on any atom is -0.507 e. The third kappa shape index (κ3) is 8.26. The molecule has 38 heavy (non-hydrogen) atoms. The first-order valence-corrected chi connectivity index (χ1v) is 13.2. The van der Waals surface area contributed by atoms with Gasteiger partial charge < -0.3 is 30.7 Å². The van der Waals surface area contributed by atoms with Crippen LogP contribution in [0.25, 0.3) is 0 Å². The number of carbonyl (C=O) groups excluding carboxylic acids is 4. The van der Waals surface area contributed by atoms with Crippen molar-refractivity contribution in [1.29, 1.82) is 0 Å². The molecule has 0 aromatic heterocycles. The zero-order chi connectivity index (χ0) is 28.4. The SMILES string of the molecule is COC(=O)CCCCCc1cc(N(C)C)c2c(c1O)C(=O)CC(CC(CCO)C(CO)C(=O)CC(N)=O)C2. The largest absolute Gasteiger partial charge is 0.507 e. The molecule has 0 saturated carbocycles. The number of nitrogens with zero attached hydrogens (tertiary/aromatic N) is 1. The van der Waals surface area contributed by atoms with Gasteiger partial charge in [-0.2, -0.15) is 0 Å². The molecule has 1 aliphatic carbocycles. The minimum atomic E-state index is -0.852. The van der Waals surface area contributed by atoms with Gasteiger partial charge in [0.25, 0.3) is 0 Å². The van der Waals surface area contributed by atoms with Crippen molar-refractivity contribution >= 4 is 29.1 Å². The number of methoxy groups -OCH3 is 1. The number of unbranched alkanes of at least 4 members (excludes halogenated alkanes) is 2. The summed E-state index contributed by atoms with van der Waals surface area (Å²) in [6.07, 6.45) is 3.95. The molecule has 10 heteroatoms. The molecule has 3 unspecified atom stereocenters. The maximum Gasteiger partial charge on any atom is 0.305 e. The van der Waals surface area contributed by atoms with Crippen molar-refractivity contribution in [2.45, 2.75) is 64.2 Å². The van der Waals surface area contributed by atoms with Crippen LogP contribution in [0.4, 0.5) is 5.69 Å². The molecule has 0 heterocycles. The summed E-state index contributed by atoms with van der Waals surface area (Å²) in [5.41, 5.74) is 7.77. The Morgan fingerprint density at radius 3 is 2.45 bits per heavy atom. The Bertz CT molecular complexity index is 1010. The van der Waals surface area contributed by atoms with Gasteiger partial charge >= 0.3 is 5.97 Å². The predicted molar refractivity (Wildman–Crippen MR) is 142 cm³/mol. The van der Waals surface area contributed by atoms with E-state index in [1.165, 1.54) is 7.11 Å². The fourth-order valence-corrected chi connectivity index (χ4v) is 5.50. The van der Waals surface area contributed by atoms with Crippen molar-refractivity contribution in [3.63, 3.8) is 0 Å². The van der Waals surface area contributed by atoms with Gasteiger partial charge in [-0.15, -0.1) is 0 Å². The first-order chi connectivity index (χ1) is 18.0. The number of ketones is 2. The fraction of sp³-hybridized carbons (Fsp3) is 0.643. The Labute approximate surface area is 224 Å². The van der Waals surface area contributed by atoms with Crippen LogP contribution < -0.4 is 10.6 Å². The fourth-order valence-electron chi connectivity index (χ4n) is 5.50. The van der Waals surface area contributed by atoms with Crippen LogP contribution in [0.1, 0.15) is 72.9 Å². The number of phenolic OH excluding ortho intramolecular Hbond substituents is 1. The molecule has 10 nitrogen and oxygen atoms in total. The number of carbonyl (C=O) groups is 4. The van der Waals surface area contributed by atoms with E-state index in [4.69, 9.17) is 5.73 Å². The van der Waals surface area contributed by atoms with Gasteiger partial charge in [-0.25, -0.2) is 0 Å². The number of fused-ring (bicyclic) bond motifs is 1. The summed E-state index contributed by atoms with van der Waals surface area (Å²) >= 11 is 0. The highest BCUT2D eigenvalue weighted by Crippen LogP contribution is 2.42. The standard InChI is InChI=1S/C28H42N2O8/c1-30(2)22-14-19(7-5-4-6-8-26(36)38-3)28(37)27-20(22)12-17(13-24(27)34)11-18(9-10-31)21(16-32)23(33)15-25(29)35/h14,17-18,21,31-32,37H,4-13,15-16H2,1-3H3,(H2,29,35). The van der Waals surface area contributed by atoms with Gasteiger partial charge in [0.05, 0.1) is 25.7 Å². The minimum absolute atomic E-state index is 0.00111. The van der Waals surface area contributed by atoms with Crippen molar-refractivity contribution in [2.24, 2.45) is 23.5 Å². The molecule has 212 valence electrons. The van der Waals surface area contributed by atoms with Gasteiger partial charge in [-0.05, 0) is 67.6 Å². The number of nitrogens with two attached hydrogens (primary N) is 1. The number of aliphatic hydroxyl groups is 2. The molecular weight excluding hydrogens is 492 g/mol. The molecule has 0 spiro atoms. The lowest BCUT2D eigenvalue weighted by molar-refractivity contribution is -0.140. The Morgan fingerprint density at radius 2 is 1.87 bits per heavy atom. The summed E-state index contributed by atoms with van der Waals surface area (Å²) in [7, 11) is 5.11. The zero-order valence-electron chi connectivity index (χ0n) is 22.7. The molecular formula is C28H42N2O8. The second kappa shape index (κ2) is 14.8. The number of ether oxygens (including phenoxy) is 1. The van der Waals surface area contributed by atoms with Crippen LogP contribution in [-0.4, -0.2) is 73.2 Å². The lowest BCUT2D eigenvalue weighted by atomic mass is 9.73. The van der Waals surface area contributed by atoms with E-state index in [1.807, 2.05) is 25.1 Å². The zero-order valence-corrected chi connectivity index (χ0v) is 22.7. The number of phenols is 1. The summed E-state index contributed by atoms with van der Waals surface area (Å²) in [6, 6.07) is 1.91. The van der Waals surface area contributed by atoms with E-state index < -0.39 is 36.6 Å². The van der Waals surface area contributed by atoms with E-state index in [0.717, 1.165) is 24.1 Å². The van der Waals surface area contributed by atoms with Crippen LogP contribution in [0.3, 0.4) is 0 Å². The van der Waals surface area contributed by atoms with Crippen molar-refractivity contribution in [2.75, 3.05) is 39.3 Å². The van der Waals surface area contributed by atoms with E-state index in [0.29, 0.717) is 43.2 Å². The molecule has 5 N–H and O–H groups in total. The first-order valence-electron chi connectivity index (χ1n) is 13.2. The predicted octanol–water partition coefficient (Wildman–Crippen LogP) is 1.92. The Morgan fingerprint density at radius 1 is 1.16 bits per heavy atom. The van der Waals surface area contributed by atoms with Crippen molar-refractivity contribution in [3.05, 3.63) is 22.8 Å². The molecule has 1 aliphatic rings. The van der Waals surface area contributed by atoms with Gasteiger partial charge in [0.2, 0.25) is 5.91 Å². The number of aliphatic hydroxyl groups excluding tert-OH is 2. The highest BCUT2D eigenvalue weighted by atomic mass is 16.5. The Hall–Kier alpha value is -2.98. The third-order valence-corrected chi connectivity index (χ3v) is 7.41. The maximum atomic E-state index is 13.3. The summed E-state index contributed by atoms with van der Waals surface area (Å²) < 4.78 is 4.66. The number of primary amides is 1. The van der Waals surface area contributed by atoms with E-state index in [1.54, 1.807) is 0 Å². The molecule has 0 fully saturated rings. The molecule has 3 atom stereocenters. The topological polar surface area (TPSA) is 167 Å². The van der Waals surface area contributed by atoms with E-state index in [-0.39, 0.29) is 42.9 Å². The number of aryl methyl sites for hydroxylation is 1. The number of benzene rings is 1. The van der Waals surface area contributed by atoms with Crippen molar-refractivity contribution < 1.29 is 39.2 Å². The van der Waals surface area contributed by atoms with Gasteiger partial charge in [-0.1, -0.05) is 6.42 Å². The second-order valence-electron chi connectivity index (χ2n) is 10.4. The molecule has 1 aromatic carbocycles. The molecule has 2 rings (SSSR count). The number of anilines is 1. The van der Waals surface area contributed by atoms with Gasteiger partial charge in [0.1, 0.15) is 11.5 Å². The first kappa shape index (κ1) is 31.2. The summed E-state index contributed by atoms with van der Waals surface area (Å²) in [6.45, 7) is -0.671. The molecule has 0 aliphatic heterocycles. The van der Waals surface area contributed by atoms with Gasteiger partial charge in [0, 0.05) is 45.1 Å². The lowest BCUT2D eigenvalue weighted by Crippen LogP contribution is -2.34. The second-order valence-corrected chi connectivity index (χ2v) is 10.4.